The number of carboxylic acid groups (broad SMARTS) is 1. The van der Waals surface area contributed by atoms with Gasteiger partial charge in [0.05, 0.1) is 6.42 Å². The van der Waals surface area contributed by atoms with E-state index in [1.807, 2.05) is 78.9 Å². The zero-order chi connectivity index (χ0) is 24.2. The van der Waals surface area contributed by atoms with Crippen LogP contribution in [-0.4, -0.2) is 43.8 Å². The predicted molar refractivity (Wildman–Crippen MR) is 132 cm³/mol. The summed E-state index contributed by atoms with van der Waals surface area (Å²) in [5.41, 5.74) is 3.53. The standard InChI is InChI=1S/C27H28N2O5/c1-28-17-23(16-27(30)31)21-10-14-25(15-11-21)33-18-20-8-12-24(13-9-20)34-19-26(29-32-2)22-6-4-3-5-7-22/h3-15,23H,1,16-19H2,2H3,(H,30,31)/b29-26+. The van der Waals surface area contributed by atoms with Crippen LogP contribution < -0.4 is 9.47 Å². The van der Waals surface area contributed by atoms with Crippen molar-refractivity contribution in [2.45, 2.75) is 18.9 Å². The zero-order valence-corrected chi connectivity index (χ0v) is 19.1. The molecule has 3 rings (SSSR count). The number of nitrogens with zero attached hydrogens (tertiary/aromatic N) is 2. The average Bonchev–Trinajstić information content (AvgIpc) is 2.86. The van der Waals surface area contributed by atoms with E-state index >= 15 is 0 Å². The first-order valence-corrected chi connectivity index (χ1v) is 10.8. The molecule has 1 unspecified atom stereocenters. The van der Waals surface area contributed by atoms with Crippen molar-refractivity contribution in [3.8, 4) is 11.5 Å². The third-order valence-electron chi connectivity index (χ3n) is 5.13. The topological polar surface area (TPSA) is 89.7 Å². The molecule has 3 aromatic rings. The fourth-order valence-corrected chi connectivity index (χ4v) is 3.39. The van der Waals surface area contributed by atoms with E-state index in [1.165, 1.54) is 7.11 Å². The average molecular weight is 461 g/mol. The Hall–Kier alpha value is -4.13. The minimum atomic E-state index is -0.858. The minimum Gasteiger partial charge on any atom is -0.489 e. The van der Waals surface area contributed by atoms with E-state index < -0.39 is 5.97 Å². The largest absolute Gasteiger partial charge is 0.489 e. The number of oxime groups is 1. The molecule has 0 saturated heterocycles. The molecule has 34 heavy (non-hydrogen) atoms. The van der Waals surface area contributed by atoms with Gasteiger partial charge in [0.15, 0.2) is 0 Å². The van der Waals surface area contributed by atoms with Gasteiger partial charge in [0.1, 0.15) is 37.5 Å². The summed E-state index contributed by atoms with van der Waals surface area (Å²) in [5.74, 6) is 0.359. The molecule has 0 saturated carbocycles. The zero-order valence-electron chi connectivity index (χ0n) is 19.1. The van der Waals surface area contributed by atoms with Crippen LogP contribution in [0.25, 0.3) is 0 Å². The van der Waals surface area contributed by atoms with Crippen molar-refractivity contribution in [2.75, 3.05) is 20.3 Å². The first kappa shape index (κ1) is 24.5. The lowest BCUT2D eigenvalue weighted by atomic mass is 9.96. The van der Waals surface area contributed by atoms with Crippen LogP contribution in [0.5, 0.6) is 11.5 Å². The number of ether oxygens (including phenoxy) is 2. The molecule has 1 N–H and O–H groups in total. The summed E-state index contributed by atoms with van der Waals surface area (Å²) in [6.07, 6.45) is 0.0117. The maximum atomic E-state index is 11.1. The molecule has 7 nitrogen and oxygen atoms in total. The van der Waals surface area contributed by atoms with E-state index in [9.17, 15) is 4.79 Å². The van der Waals surface area contributed by atoms with Crippen molar-refractivity contribution < 1.29 is 24.2 Å². The Morgan fingerprint density at radius 3 is 2.21 bits per heavy atom. The number of aliphatic imine (C=N–C) groups is 1. The molecule has 0 radical (unpaired) electrons. The molecule has 0 heterocycles. The summed E-state index contributed by atoms with van der Waals surface area (Å²) >= 11 is 0. The molecule has 176 valence electrons. The van der Waals surface area contributed by atoms with E-state index in [2.05, 4.69) is 16.9 Å². The Balaban J connectivity index is 1.53. The first-order chi connectivity index (χ1) is 16.6. The highest BCUT2D eigenvalue weighted by Gasteiger charge is 2.15. The van der Waals surface area contributed by atoms with Gasteiger partial charge in [0, 0.05) is 18.0 Å². The number of aliphatic carboxylic acids is 1. The molecule has 0 bridgehead atoms. The van der Waals surface area contributed by atoms with Crippen molar-refractivity contribution in [3.05, 3.63) is 95.6 Å². The van der Waals surface area contributed by atoms with E-state index in [0.29, 0.717) is 30.4 Å². The fourth-order valence-electron chi connectivity index (χ4n) is 3.39. The van der Waals surface area contributed by atoms with Crippen molar-refractivity contribution in [1.29, 1.82) is 0 Å². The normalized spacial score (nSPS) is 12.0. The number of benzene rings is 3. The van der Waals surface area contributed by atoms with E-state index in [1.54, 1.807) is 0 Å². The van der Waals surface area contributed by atoms with E-state index in [0.717, 1.165) is 16.7 Å². The van der Waals surface area contributed by atoms with Crippen LogP contribution in [-0.2, 0) is 16.2 Å². The van der Waals surface area contributed by atoms with Crippen LogP contribution in [0.15, 0.2) is 89.0 Å². The van der Waals surface area contributed by atoms with Crippen LogP contribution >= 0.6 is 0 Å². The van der Waals surface area contributed by atoms with Crippen molar-refractivity contribution in [3.63, 3.8) is 0 Å². The van der Waals surface area contributed by atoms with E-state index in [-0.39, 0.29) is 18.9 Å². The van der Waals surface area contributed by atoms with E-state index in [4.69, 9.17) is 19.4 Å². The third kappa shape index (κ3) is 7.48. The van der Waals surface area contributed by atoms with Gasteiger partial charge in [-0.05, 0) is 42.1 Å². The molecule has 1 atom stereocenters. The second kappa shape index (κ2) is 12.8. The van der Waals surface area contributed by atoms with Gasteiger partial charge in [-0.15, -0.1) is 0 Å². The van der Waals surface area contributed by atoms with Gasteiger partial charge in [0.2, 0.25) is 0 Å². The van der Waals surface area contributed by atoms with Gasteiger partial charge >= 0.3 is 5.97 Å². The number of rotatable bonds is 13. The molecule has 7 heteroatoms. The monoisotopic (exact) mass is 460 g/mol. The molecule has 0 spiro atoms. The number of hydrogen-bond donors (Lipinski definition) is 1. The second-order valence-corrected chi connectivity index (χ2v) is 7.58. The van der Waals surface area contributed by atoms with Gasteiger partial charge < -0.3 is 24.4 Å². The number of hydrogen-bond acceptors (Lipinski definition) is 6. The fraction of sp³-hybridized carbons (Fsp3) is 0.222. The molecule has 0 amide bonds. The lowest BCUT2D eigenvalue weighted by molar-refractivity contribution is -0.137. The highest BCUT2D eigenvalue weighted by Crippen LogP contribution is 2.24. The molecule has 3 aromatic carbocycles. The highest BCUT2D eigenvalue weighted by molar-refractivity contribution is 6.01. The highest BCUT2D eigenvalue weighted by atomic mass is 16.6. The summed E-state index contributed by atoms with van der Waals surface area (Å²) in [6.45, 7) is 4.52. The third-order valence-corrected chi connectivity index (χ3v) is 5.13. The van der Waals surface area contributed by atoms with Gasteiger partial charge in [0.25, 0.3) is 0 Å². The maximum absolute atomic E-state index is 11.1. The van der Waals surface area contributed by atoms with Crippen LogP contribution in [0.3, 0.4) is 0 Å². The Kier molecular flexibility index (Phi) is 9.22. The molecule has 0 aromatic heterocycles. The SMILES string of the molecule is C=NCC(CC(=O)O)c1ccc(OCc2ccc(OC/C(=N\OC)c3ccccc3)cc2)cc1. The summed E-state index contributed by atoms with van der Waals surface area (Å²) in [7, 11) is 1.51. The Morgan fingerprint density at radius 1 is 0.941 bits per heavy atom. The van der Waals surface area contributed by atoms with Gasteiger partial charge in [-0.2, -0.15) is 0 Å². The van der Waals surface area contributed by atoms with Crippen molar-refractivity contribution in [2.24, 2.45) is 10.1 Å². The molecule has 0 fully saturated rings. The number of carboxylic acids is 1. The Labute approximate surface area is 199 Å². The molecular weight excluding hydrogens is 432 g/mol. The molecule has 0 aliphatic carbocycles. The van der Waals surface area contributed by atoms with Gasteiger partial charge in [-0.3, -0.25) is 4.79 Å². The summed E-state index contributed by atoms with van der Waals surface area (Å²) in [5, 5.41) is 13.2. The van der Waals surface area contributed by atoms with Gasteiger partial charge in [-0.1, -0.05) is 59.8 Å². The smallest absolute Gasteiger partial charge is 0.304 e. The lowest BCUT2D eigenvalue weighted by Gasteiger charge is -2.14. The minimum absolute atomic E-state index is 0.0117. The second-order valence-electron chi connectivity index (χ2n) is 7.58. The van der Waals surface area contributed by atoms with Crippen molar-refractivity contribution >= 4 is 18.4 Å². The summed E-state index contributed by atoms with van der Waals surface area (Å²) in [4.78, 5) is 19.9. The molecule has 0 aliphatic heterocycles. The van der Waals surface area contributed by atoms with Crippen LogP contribution in [0.4, 0.5) is 0 Å². The Morgan fingerprint density at radius 2 is 1.59 bits per heavy atom. The van der Waals surface area contributed by atoms with Crippen LogP contribution in [0.1, 0.15) is 29.0 Å². The lowest BCUT2D eigenvalue weighted by Crippen LogP contribution is -2.13. The predicted octanol–water partition coefficient (Wildman–Crippen LogP) is 4.95. The summed E-state index contributed by atoms with van der Waals surface area (Å²) < 4.78 is 11.7. The van der Waals surface area contributed by atoms with Crippen molar-refractivity contribution in [1.82, 2.24) is 0 Å². The maximum Gasteiger partial charge on any atom is 0.304 e. The first-order valence-electron chi connectivity index (χ1n) is 10.8. The van der Waals surface area contributed by atoms with Gasteiger partial charge in [-0.25, -0.2) is 0 Å². The van der Waals surface area contributed by atoms with Crippen LogP contribution in [0.2, 0.25) is 0 Å². The quantitative estimate of drug-likeness (QED) is 0.288. The summed E-state index contributed by atoms with van der Waals surface area (Å²) in [6, 6.07) is 24.8. The van der Waals surface area contributed by atoms with Crippen LogP contribution in [0, 0.1) is 0 Å². The molecular formula is C27H28N2O5. The Bertz CT molecular complexity index is 1080. The number of carbonyl (C=O) groups is 1. The molecule has 0 aliphatic rings.